The number of carbonyl (C=O) groups excluding carboxylic acids is 1. The van der Waals surface area contributed by atoms with E-state index in [1.54, 1.807) is 6.07 Å². The Labute approximate surface area is 126 Å². The van der Waals surface area contributed by atoms with Crippen molar-refractivity contribution in [2.75, 3.05) is 30.8 Å². The van der Waals surface area contributed by atoms with Crippen molar-refractivity contribution in [2.24, 2.45) is 0 Å². The lowest BCUT2D eigenvalue weighted by atomic mass is 10.1. The summed E-state index contributed by atoms with van der Waals surface area (Å²) in [7, 11) is 0. The van der Waals surface area contributed by atoms with Crippen molar-refractivity contribution < 1.29 is 9.53 Å². The average Bonchev–Trinajstić information content (AvgIpc) is 2.49. The molecule has 1 saturated heterocycles. The van der Waals surface area contributed by atoms with Crippen LogP contribution in [0.15, 0.2) is 18.2 Å². The highest BCUT2D eigenvalue weighted by Crippen LogP contribution is 2.20. The summed E-state index contributed by atoms with van der Waals surface area (Å²) in [5, 5.41) is 3.00. The van der Waals surface area contributed by atoms with Crippen molar-refractivity contribution in [2.45, 2.75) is 39.3 Å². The molecule has 1 aliphatic rings. The minimum absolute atomic E-state index is 0.0169. The van der Waals surface area contributed by atoms with Crippen molar-refractivity contribution in [1.82, 2.24) is 4.90 Å². The Morgan fingerprint density at radius 2 is 2.33 bits per heavy atom. The summed E-state index contributed by atoms with van der Waals surface area (Å²) >= 11 is 0. The van der Waals surface area contributed by atoms with Gasteiger partial charge < -0.3 is 15.8 Å². The van der Waals surface area contributed by atoms with Gasteiger partial charge in [0.1, 0.15) is 0 Å². The van der Waals surface area contributed by atoms with Crippen LogP contribution in [0.3, 0.4) is 0 Å². The van der Waals surface area contributed by atoms with Crippen molar-refractivity contribution in [3.05, 3.63) is 23.8 Å². The highest BCUT2D eigenvalue weighted by atomic mass is 16.5. The SMILES string of the molecule is CCC1COCCN1C(C)C(=O)Nc1ccc(N)cc1C. The first-order valence-electron chi connectivity index (χ1n) is 7.53. The number of nitrogens with one attached hydrogen (secondary N) is 1. The van der Waals surface area contributed by atoms with Gasteiger partial charge in [-0.15, -0.1) is 0 Å². The molecule has 1 heterocycles. The molecular formula is C16H25N3O2. The van der Waals surface area contributed by atoms with Gasteiger partial charge in [0.15, 0.2) is 0 Å². The van der Waals surface area contributed by atoms with E-state index in [1.165, 1.54) is 0 Å². The van der Waals surface area contributed by atoms with Gasteiger partial charge in [-0.3, -0.25) is 9.69 Å². The standard InChI is InChI=1S/C16H25N3O2/c1-4-14-10-21-8-7-19(14)12(3)16(20)18-15-6-5-13(17)9-11(15)2/h5-6,9,12,14H,4,7-8,10,17H2,1-3H3,(H,18,20). The topological polar surface area (TPSA) is 67.6 Å². The van der Waals surface area contributed by atoms with E-state index >= 15 is 0 Å². The number of ether oxygens (including phenoxy) is 1. The third-order valence-corrected chi connectivity index (χ3v) is 4.13. The van der Waals surface area contributed by atoms with Crippen molar-refractivity contribution >= 4 is 17.3 Å². The Morgan fingerprint density at radius 1 is 1.57 bits per heavy atom. The Balaban J connectivity index is 2.04. The van der Waals surface area contributed by atoms with E-state index in [0.717, 1.165) is 24.2 Å². The summed E-state index contributed by atoms with van der Waals surface area (Å²) in [5.41, 5.74) is 8.24. The summed E-state index contributed by atoms with van der Waals surface area (Å²) in [6.07, 6.45) is 0.985. The number of morpholine rings is 1. The van der Waals surface area contributed by atoms with Crippen molar-refractivity contribution in [1.29, 1.82) is 0 Å². The summed E-state index contributed by atoms with van der Waals surface area (Å²) < 4.78 is 5.50. The molecule has 0 saturated carbocycles. The molecule has 1 aromatic carbocycles. The zero-order chi connectivity index (χ0) is 15.4. The molecule has 0 radical (unpaired) electrons. The van der Waals surface area contributed by atoms with Crippen LogP contribution in [0.25, 0.3) is 0 Å². The van der Waals surface area contributed by atoms with E-state index in [0.29, 0.717) is 24.9 Å². The monoisotopic (exact) mass is 291 g/mol. The van der Waals surface area contributed by atoms with Crippen LogP contribution in [-0.2, 0) is 9.53 Å². The number of anilines is 2. The van der Waals surface area contributed by atoms with Gasteiger partial charge in [-0.05, 0) is 44.0 Å². The molecule has 116 valence electrons. The van der Waals surface area contributed by atoms with Gasteiger partial charge in [0.25, 0.3) is 0 Å². The lowest BCUT2D eigenvalue weighted by molar-refractivity contribution is -0.124. The fourth-order valence-electron chi connectivity index (χ4n) is 2.74. The highest BCUT2D eigenvalue weighted by molar-refractivity contribution is 5.95. The first-order valence-corrected chi connectivity index (χ1v) is 7.53. The second-order valence-electron chi connectivity index (χ2n) is 5.61. The summed E-state index contributed by atoms with van der Waals surface area (Å²) in [6.45, 7) is 8.22. The first kappa shape index (κ1) is 15.8. The van der Waals surface area contributed by atoms with Gasteiger partial charge >= 0.3 is 0 Å². The van der Waals surface area contributed by atoms with E-state index < -0.39 is 0 Å². The van der Waals surface area contributed by atoms with E-state index in [4.69, 9.17) is 10.5 Å². The van der Waals surface area contributed by atoms with Gasteiger partial charge in [-0.1, -0.05) is 6.92 Å². The maximum Gasteiger partial charge on any atom is 0.241 e. The number of nitrogen functional groups attached to an aromatic ring is 1. The fourth-order valence-corrected chi connectivity index (χ4v) is 2.74. The molecule has 3 N–H and O–H groups in total. The smallest absolute Gasteiger partial charge is 0.241 e. The lowest BCUT2D eigenvalue weighted by Crippen LogP contribution is -2.53. The van der Waals surface area contributed by atoms with Crippen LogP contribution >= 0.6 is 0 Å². The Bertz CT molecular complexity index is 504. The van der Waals surface area contributed by atoms with Crippen LogP contribution in [0, 0.1) is 6.92 Å². The van der Waals surface area contributed by atoms with E-state index in [9.17, 15) is 4.79 Å². The van der Waals surface area contributed by atoms with Gasteiger partial charge in [0.05, 0.1) is 19.3 Å². The summed E-state index contributed by atoms with van der Waals surface area (Å²) in [6, 6.07) is 5.66. The van der Waals surface area contributed by atoms with Crippen LogP contribution in [0.4, 0.5) is 11.4 Å². The van der Waals surface area contributed by atoms with Crippen molar-refractivity contribution in [3.8, 4) is 0 Å². The molecule has 2 rings (SSSR count). The number of hydrogen-bond donors (Lipinski definition) is 2. The molecule has 0 aliphatic carbocycles. The van der Waals surface area contributed by atoms with Crippen LogP contribution in [0.2, 0.25) is 0 Å². The quantitative estimate of drug-likeness (QED) is 0.833. The molecular weight excluding hydrogens is 266 g/mol. The number of rotatable bonds is 4. The van der Waals surface area contributed by atoms with E-state index in [2.05, 4.69) is 17.1 Å². The van der Waals surface area contributed by atoms with Crippen LogP contribution in [0.5, 0.6) is 0 Å². The number of amides is 1. The summed E-state index contributed by atoms with van der Waals surface area (Å²) in [5.74, 6) is 0.0169. The van der Waals surface area contributed by atoms with Crippen molar-refractivity contribution in [3.63, 3.8) is 0 Å². The molecule has 1 aromatic rings. The highest BCUT2D eigenvalue weighted by Gasteiger charge is 2.29. The van der Waals surface area contributed by atoms with Gasteiger partial charge in [0.2, 0.25) is 5.91 Å². The maximum atomic E-state index is 12.5. The Morgan fingerprint density at radius 3 is 3.00 bits per heavy atom. The zero-order valence-corrected chi connectivity index (χ0v) is 13.1. The molecule has 0 aromatic heterocycles. The van der Waals surface area contributed by atoms with E-state index in [-0.39, 0.29) is 11.9 Å². The molecule has 0 bridgehead atoms. The van der Waals surface area contributed by atoms with Gasteiger partial charge in [0, 0.05) is 24.0 Å². The maximum absolute atomic E-state index is 12.5. The molecule has 0 spiro atoms. The Kier molecular flexibility index (Phi) is 5.20. The molecule has 5 nitrogen and oxygen atoms in total. The minimum atomic E-state index is -0.171. The van der Waals surface area contributed by atoms with Gasteiger partial charge in [-0.2, -0.15) is 0 Å². The number of hydrogen-bond acceptors (Lipinski definition) is 4. The van der Waals surface area contributed by atoms with E-state index in [1.807, 2.05) is 26.0 Å². The molecule has 5 heteroatoms. The number of nitrogens with two attached hydrogens (primary N) is 1. The average molecular weight is 291 g/mol. The molecule has 1 fully saturated rings. The molecule has 1 amide bonds. The number of aryl methyl sites for hydroxylation is 1. The largest absolute Gasteiger partial charge is 0.399 e. The fraction of sp³-hybridized carbons (Fsp3) is 0.562. The molecule has 21 heavy (non-hydrogen) atoms. The van der Waals surface area contributed by atoms with Crippen LogP contribution in [0.1, 0.15) is 25.8 Å². The minimum Gasteiger partial charge on any atom is -0.399 e. The predicted octanol–water partition coefficient (Wildman–Crippen LogP) is 2.02. The first-order chi connectivity index (χ1) is 10.0. The number of nitrogens with zero attached hydrogens (tertiary/aromatic N) is 1. The number of benzene rings is 1. The zero-order valence-electron chi connectivity index (χ0n) is 13.1. The normalized spacial score (nSPS) is 21.0. The third-order valence-electron chi connectivity index (χ3n) is 4.13. The van der Waals surface area contributed by atoms with Gasteiger partial charge in [-0.25, -0.2) is 0 Å². The third kappa shape index (κ3) is 3.74. The summed E-state index contributed by atoms with van der Waals surface area (Å²) in [4.78, 5) is 14.7. The van der Waals surface area contributed by atoms with Crippen LogP contribution in [-0.4, -0.2) is 42.6 Å². The second-order valence-corrected chi connectivity index (χ2v) is 5.61. The predicted molar refractivity (Wildman–Crippen MR) is 85.3 cm³/mol. The second kappa shape index (κ2) is 6.91. The lowest BCUT2D eigenvalue weighted by Gasteiger charge is -2.38. The molecule has 2 atom stereocenters. The molecule has 1 aliphatic heterocycles. The Hall–Kier alpha value is -1.59. The van der Waals surface area contributed by atoms with Crippen LogP contribution < -0.4 is 11.1 Å². The molecule has 2 unspecified atom stereocenters. The number of carbonyl (C=O) groups is 1.